The van der Waals surface area contributed by atoms with E-state index >= 15 is 0 Å². The Balaban J connectivity index is 2.45. The molecule has 0 fully saturated rings. The van der Waals surface area contributed by atoms with Crippen LogP contribution in [0, 0.1) is 11.8 Å². The maximum Gasteiger partial charge on any atom is 0.206 e. The van der Waals surface area contributed by atoms with Crippen LogP contribution in [-0.4, -0.2) is 11.4 Å². The predicted molar refractivity (Wildman–Crippen MR) is 18.4 cm³/mol. The Morgan fingerprint density at radius 2 is 2.83 bits per heavy atom. The van der Waals surface area contributed by atoms with Crippen LogP contribution in [-0.2, 0) is 0 Å². The lowest BCUT2D eigenvalue weighted by Crippen LogP contribution is -1.97. The van der Waals surface area contributed by atoms with Crippen molar-refractivity contribution < 1.29 is 4.86 Å². The maximum atomic E-state index is 9.88. The average Bonchev–Trinajstić information content (AvgIpc) is 1.86. The normalized spacial score (nSPS) is 19.7. The highest BCUT2D eigenvalue weighted by Crippen LogP contribution is 1.84. The van der Waals surface area contributed by atoms with Gasteiger partial charge in [0.25, 0.3) is 0 Å². The van der Waals surface area contributed by atoms with Gasteiger partial charge in [0.05, 0.1) is 5.22 Å². The van der Waals surface area contributed by atoms with Crippen molar-refractivity contribution >= 4 is 0 Å². The van der Waals surface area contributed by atoms with E-state index in [0.29, 0.717) is 11.4 Å². The second-order valence-electron chi connectivity index (χ2n) is 0.947. The molecule has 0 spiro atoms. The van der Waals surface area contributed by atoms with Crippen molar-refractivity contribution in [3.05, 3.63) is 11.8 Å². The van der Waals surface area contributed by atoms with Gasteiger partial charge in [0.15, 0.2) is 6.54 Å². The van der Waals surface area contributed by atoms with E-state index < -0.39 is 0 Å². The van der Waals surface area contributed by atoms with Gasteiger partial charge in [-0.15, -0.1) is 0 Å². The van der Waals surface area contributed by atoms with Crippen molar-refractivity contribution in [3.8, 4) is 0 Å². The highest BCUT2D eigenvalue weighted by molar-refractivity contribution is 4.51. The molecule has 1 aliphatic rings. The molecule has 0 bridgehead atoms. The molecule has 0 saturated heterocycles. The monoisotopic (exact) mass is 86.0 g/mol. The number of hydrogen-bond acceptors (Lipinski definition) is 3. The Morgan fingerprint density at radius 3 is 3.00 bits per heavy atom. The van der Waals surface area contributed by atoms with Gasteiger partial charge in [0.2, 0.25) is 6.54 Å². The molecule has 0 unspecified atom stereocenters. The van der Waals surface area contributed by atoms with Crippen LogP contribution in [0.5, 0.6) is 0 Å². The molecule has 4 nitrogen and oxygen atoms in total. The van der Waals surface area contributed by atoms with Crippen molar-refractivity contribution in [1.82, 2.24) is 5.43 Å². The fourth-order valence-corrected chi connectivity index (χ4v) is 0.270. The van der Waals surface area contributed by atoms with Gasteiger partial charge >= 0.3 is 0 Å². The second kappa shape index (κ2) is 1.12. The maximum absolute atomic E-state index is 9.88. The van der Waals surface area contributed by atoms with E-state index in [4.69, 9.17) is 0 Å². The molecule has 1 rings (SSSR count). The summed E-state index contributed by atoms with van der Waals surface area (Å²) in [4.78, 5) is 0.500. The smallest absolute Gasteiger partial charge is 0.206 e. The second-order valence-corrected chi connectivity index (χ2v) is 0.947. The van der Waals surface area contributed by atoms with Gasteiger partial charge < -0.3 is 5.21 Å². The summed E-state index contributed by atoms with van der Waals surface area (Å²) in [5.74, 6) is 0. The van der Waals surface area contributed by atoms with Gasteiger partial charge in [-0.1, -0.05) is 0 Å². The zero-order chi connectivity index (χ0) is 4.41. The molecule has 0 atom stereocenters. The van der Waals surface area contributed by atoms with Gasteiger partial charge in [0, 0.05) is 0 Å². The number of nitrogens with zero attached hydrogens (tertiary/aromatic N) is 2. The lowest BCUT2D eigenvalue weighted by molar-refractivity contribution is -0.476. The summed E-state index contributed by atoms with van der Waals surface area (Å²) in [7, 11) is 0. The molecular weight excluding hydrogens is 82.0 g/mol. The Morgan fingerprint density at radius 1 is 2.00 bits per heavy atom. The van der Waals surface area contributed by atoms with Crippen molar-refractivity contribution in [2.75, 3.05) is 6.54 Å². The molecule has 0 amide bonds. The highest BCUT2D eigenvalue weighted by Gasteiger charge is 2.00. The van der Waals surface area contributed by atoms with Crippen molar-refractivity contribution in [2.24, 2.45) is 5.22 Å². The van der Waals surface area contributed by atoms with Crippen molar-refractivity contribution in [1.29, 1.82) is 0 Å². The van der Waals surface area contributed by atoms with E-state index in [9.17, 15) is 5.21 Å². The Hall–Kier alpha value is -0.800. The van der Waals surface area contributed by atoms with Gasteiger partial charge in [-0.05, 0) is 0 Å². The minimum Gasteiger partial charge on any atom is -0.695 e. The van der Waals surface area contributed by atoms with E-state index in [1.165, 1.54) is 6.54 Å². The van der Waals surface area contributed by atoms with Crippen LogP contribution in [0.25, 0.3) is 0 Å². The largest absolute Gasteiger partial charge is 0.695 e. The molecule has 4 heteroatoms. The molecule has 1 aliphatic heterocycles. The van der Waals surface area contributed by atoms with Crippen LogP contribution in [0.4, 0.5) is 0 Å². The van der Waals surface area contributed by atoms with Crippen molar-refractivity contribution in [3.63, 3.8) is 0 Å². The van der Waals surface area contributed by atoms with Gasteiger partial charge in [-0.2, -0.15) is 10.3 Å². The third-order valence-electron chi connectivity index (χ3n) is 0.508. The zero-order valence-corrected chi connectivity index (χ0v) is 3.09. The topological polar surface area (TPSA) is 50.5 Å². The summed E-state index contributed by atoms with van der Waals surface area (Å²) in [6, 6.07) is 0. The average molecular weight is 86.1 g/mol. The molecule has 33 valence electrons. The van der Waals surface area contributed by atoms with E-state index in [1.54, 1.807) is 0 Å². The first-order valence-corrected chi connectivity index (χ1v) is 1.63. The molecule has 1 radical (unpaired) electrons. The quantitative estimate of drug-likeness (QED) is 0.323. The predicted octanol–water partition coefficient (Wildman–Crippen LogP) is -0.371. The summed E-state index contributed by atoms with van der Waals surface area (Å²) >= 11 is 0. The van der Waals surface area contributed by atoms with Crippen LogP contribution in [0.3, 0.4) is 0 Å². The lowest BCUT2D eigenvalue weighted by Gasteiger charge is -1.88. The summed E-state index contributed by atoms with van der Waals surface area (Å²) in [5, 5.41) is 13.1. The van der Waals surface area contributed by atoms with E-state index in [0.717, 1.165) is 0 Å². The fraction of sp³-hybridized carbons (Fsp3) is 0.500. The molecule has 1 heterocycles. The standard InChI is InChI=1S/C2H4N3O/c6-5-2-1-3-4-5/h2-3H,1H2. The molecule has 0 saturated carbocycles. The molecule has 6 heavy (non-hydrogen) atoms. The van der Waals surface area contributed by atoms with Crippen LogP contribution in [0.1, 0.15) is 0 Å². The molecule has 0 aliphatic carbocycles. The van der Waals surface area contributed by atoms with E-state index in [1.807, 2.05) is 0 Å². The van der Waals surface area contributed by atoms with E-state index in [-0.39, 0.29) is 0 Å². The third kappa shape index (κ3) is 0.403. The van der Waals surface area contributed by atoms with Crippen LogP contribution in [0.2, 0.25) is 0 Å². The Labute approximate surface area is 35.0 Å². The lowest BCUT2D eigenvalue weighted by atomic mass is 10.7. The van der Waals surface area contributed by atoms with Gasteiger partial charge in [-0.25, -0.2) is 0 Å². The summed E-state index contributed by atoms with van der Waals surface area (Å²) < 4.78 is 0. The first-order chi connectivity index (χ1) is 2.89. The van der Waals surface area contributed by atoms with Crippen LogP contribution in [0.15, 0.2) is 5.22 Å². The Bertz CT molecular complexity index is 78.9. The molecule has 0 aromatic rings. The van der Waals surface area contributed by atoms with Crippen LogP contribution < -0.4 is 5.43 Å². The zero-order valence-electron chi connectivity index (χ0n) is 3.09. The third-order valence-corrected chi connectivity index (χ3v) is 0.508. The molecular formula is C2H4N3O. The minimum absolute atomic E-state index is 0.500. The fourth-order valence-electron chi connectivity index (χ4n) is 0.270. The number of hydrogen-bond donors (Lipinski definition) is 1. The first-order valence-electron chi connectivity index (χ1n) is 1.63. The number of rotatable bonds is 0. The number of hydroxylamine groups is 1. The molecule has 0 aromatic carbocycles. The molecule has 1 N–H and O–H groups in total. The summed E-state index contributed by atoms with van der Waals surface area (Å²) in [6.45, 7) is 1.96. The van der Waals surface area contributed by atoms with Gasteiger partial charge in [-0.3, -0.25) is 0 Å². The first kappa shape index (κ1) is 3.39. The van der Waals surface area contributed by atoms with Crippen molar-refractivity contribution in [2.45, 2.75) is 0 Å². The SMILES string of the molecule is [O-][N+]1=NNC[CH]1. The highest BCUT2D eigenvalue weighted by atomic mass is 16.5. The minimum atomic E-state index is 0.500. The van der Waals surface area contributed by atoms with Gasteiger partial charge in [0.1, 0.15) is 0 Å². The number of nitrogens with one attached hydrogen (secondary N) is 1. The summed E-state index contributed by atoms with van der Waals surface area (Å²) in [5.41, 5.74) is 2.45. The Kier molecular flexibility index (Phi) is 0.633. The molecule has 0 aromatic heterocycles. The van der Waals surface area contributed by atoms with E-state index in [2.05, 4.69) is 10.6 Å². The van der Waals surface area contributed by atoms with Crippen LogP contribution >= 0.6 is 0 Å². The summed E-state index contributed by atoms with van der Waals surface area (Å²) in [6.07, 6.45) is 0.